The van der Waals surface area contributed by atoms with Crippen LogP contribution in [0.15, 0.2) is 21.1 Å². The van der Waals surface area contributed by atoms with E-state index in [0.717, 1.165) is 17.3 Å². The van der Waals surface area contributed by atoms with Crippen molar-refractivity contribution in [1.29, 1.82) is 0 Å². The van der Waals surface area contributed by atoms with Crippen LogP contribution in [0.4, 0.5) is 0 Å². The highest BCUT2D eigenvalue weighted by atomic mass is 16.5. The Morgan fingerprint density at radius 2 is 2.05 bits per heavy atom. The summed E-state index contributed by atoms with van der Waals surface area (Å²) in [4.78, 5) is 4.45. The summed E-state index contributed by atoms with van der Waals surface area (Å²) in [5, 5.41) is 7.44. The van der Waals surface area contributed by atoms with E-state index in [-0.39, 0.29) is 12.1 Å². The number of hydrogen-bond donors (Lipinski definition) is 1. The van der Waals surface area contributed by atoms with Crippen LogP contribution >= 0.6 is 0 Å². The maximum atomic E-state index is 5.61. The Kier molecular flexibility index (Phi) is 3.14. The summed E-state index contributed by atoms with van der Waals surface area (Å²) in [5.74, 6) is 3.87. The molecular formula is C14H19N3O2. The Morgan fingerprint density at radius 3 is 2.68 bits per heavy atom. The number of furan rings is 1. The topological polar surface area (TPSA) is 64.1 Å². The normalized spacial score (nSPS) is 18.5. The first kappa shape index (κ1) is 12.4. The monoisotopic (exact) mass is 261 g/mol. The molecule has 19 heavy (non-hydrogen) atoms. The smallest absolute Gasteiger partial charge is 0.243 e. The lowest BCUT2D eigenvalue weighted by molar-refractivity contribution is 0.313. The highest BCUT2D eigenvalue weighted by Crippen LogP contribution is 2.38. The van der Waals surface area contributed by atoms with Gasteiger partial charge in [-0.15, -0.1) is 0 Å². The van der Waals surface area contributed by atoms with Crippen LogP contribution in [0, 0.1) is 6.92 Å². The molecular weight excluding hydrogens is 242 g/mol. The molecule has 2 heterocycles. The number of nitrogens with one attached hydrogen (secondary N) is 1. The zero-order chi connectivity index (χ0) is 13.4. The predicted octanol–water partition coefficient (Wildman–Crippen LogP) is 3.26. The van der Waals surface area contributed by atoms with Gasteiger partial charge < -0.3 is 8.94 Å². The van der Waals surface area contributed by atoms with Gasteiger partial charge in [0.05, 0.1) is 12.1 Å². The predicted molar refractivity (Wildman–Crippen MR) is 69.7 cm³/mol. The number of nitrogens with zero attached hydrogens (tertiary/aromatic N) is 2. The van der Waals surface area contributed by atoms with Crippen LogP contribution in [0.1, 0.15) is 67.9 Å². The van der Waals surface area contributed by atoms with E-state index >= 15 is 0 Å². The van der Waals surface area contributed by atoms with E-state index in [9.17, 15) is 0 Å². The molecule has 0 spiro atoms. The average molecular weight is 261 g/mol. The zero-order valence-corrected chi connectivity index (χ0v) is 11.5. The summed E-state index contributed by atoms with van der Waals surface area (Å²) in [6.07, 6.45) is 2.37. The van der Waals surface area contributed by atoms with Crippen molar-refractivity contribution in [3.63, 3.8) is 0 Å². The van der Waals surface area contributed by atoms with Gasteiger partial charge in [0.2, 0.25) is 5.89 Å². The number of aryl methyl sites for hydroxylation is 1. The molecule has 2 aromatic heterocycles. The van der Waals surface area contributed by atoms with Gasteiger partial charge in [0.1, 0.15) is 11.5 Å². The quantitative estimate of drug-likeness (QED) is 0.895. The molecule has 1 fully saturated rings. The van der Waals surface area contributed by atoms with Crippen molar-refractivity contribution in [3.05, 3.63) is 35.4 Å². The van der Waals surface area contributed by atoms with Crippen LogP contribution in [0.3, 0.4) is 0 Å². The summed E-state index contributed by atoms with van der Waals surface area (Å²) >= 11 is 0. The second kappa shape index (κ2) is 4.81. The molecule has 2 atom stereocenters. The van der Waals surface area contributed by atoms with Crippen LogP contribution in [0.25, 0.3) is 0 Å². The van der Waals surface area contributed by atoms with Crippen LogP contribution in [0.2, 0.25) is 0 Å². The van der Waals surface area contributed by atoms with Crippen molar-refractivity contribution in [3.8, 4) is 0 Å². The average Bonchev–Trinajstić information content (AvgIpc) is 2.94. The van der Waals surface area contributed by atoms with Crippen molar-refractivity contribution >= 4 is 0 Å². The van der Waals surface area contributed by atoms with Crippen molar-refractivity contribution in [2.24, 2.45) is 0 Å². The molecule has 2 aromatic rings. The summed E-state index contributed by atoms with van der Waals surface area (Å²) < 4.78 is 10.9. The third kappa shape index (κ3) is 2.71. The van der Waals surface area contributed by atoms with Gasteiger partial charge in [-0.3, -0.25) is 5.32 Å². The maximum Gasteiger partial charge on any atom is 0.243 e. The van der Waals surface area contributed by atoms with Gasteiger partial charge in [-0.2, -0.15) is 4.98 Å². The van der Waals surface area contributed by atoms with Gasteiger partial charge in [0.15, 0.2) is 5.82 Å². The number of rotatable bonds is 5. The molecule has 0 unspecified atom stereocenters. The van der Waals surface area contributed by atoms with E-state index in [1.165, 1.54) is 12.8 Å². The molecule has 0 amide bonds. The fraction of sp³-hybridized carbons (Fsp3) is 0.571. The van der Waals surface area contributed by atoms with Crippen LogP contribution < -0.4 is 5.32 Å². The molecule has 0 radical (unpaired) electrons. The van der Waals surface area contributed by atoms with E-state index in [1.807, 2.05) is 26.0 Å². The van der Waals surface area contributed by atoms with Crippen LogP contribution in [0.5, 0.6) is 0 Å². The van der Waals surface area contributed by atoms with E-state index < -0.39 is 0 Å². The van der Waals surface area contributed by atoms with Crippen molar-refractivity contribution in [2.45, 2.75) is 51.6 Å². The number of hydrogen-bond acceptors (Lipinski definition) is 5. The molecule has 5 nitrogen and oxygen atoms in total. The lowest BCUT2D eigenvalue weighted by Gasteiger charge is -2.15. The minimum atomic E-state index is 0.0143. The first-order valence-corrected chi connectivity index (χ1v) is 6.79. The minimum Gasteiger partial charge on any atom is -0.465 e. The first-order valence-electron chi connectivity index (χ1n) is 6.79. The second-order valence-electron chi connectivity index (χ2n) is 5.32. The molecule has 3 rings (SSSR count). The molecule has 1 aliphatic carbocycles. The Bertz CT molecular complexity index is 557. The third-order valence-electron chi connectivity index (χ3n) is 3.46. The Balaban J connectivity index is 1.64. The lowest BCUT2D eigenvalue weighted by Crippen LogP contribution is -2.22. The fourth-order valence-electron chi connectivity index (χ4n) is 2.15. The fourth-order valence-corrected chi connectivity index (χ4v) is 2.15. The third-order valence-corrected chi connectivity index (χ3v) is 3.46. The summed E-state index contributed by atoms with van der Waals surface area (Å²) in [7, 11) is 0. The lowest BCUT2D eigenvalue weighted by atomic mass is 10.2. The summed E-state index contributed by atoms with van der Waals surface area (Å²) in [5.41, 5.74) is 0. The minimum absolute atomic E-state index is 0.0143. The van der Waals surface area contributed by atoms with Crippen molar-refractivity contribution < 1.29 is 8.94 Å². The summed E-state index contributed by atoms with van der Waals surface area (Å²) in [6.45, 7) is 6.03. The van der Waals surface area contributed by atoms with Crippen LogP contribution in [-0.2, 0) is 0 Å². The molecule has 1 aliphatic rings. The van der Waals surface area contributed by atoms with E-state index in [2.05, 4.69) is 22.4 Å². The molecule has 0 aromatic carbocycles. The molecule has 0 saturated heterocycles. The molecule has 0 aliphatic heterocycles. The SMILES string of the molecule is Cc1ccc([C@H](C)N[C@H](C)c2nc(C3CC3)no2)o1. The van der Waals surface area contributed by atoms with Gasteiger partial charge in [0.25, 0.3) is 0 Å². The van der Waals surface area contributed by atoms with Crippen LogP contribution in [-0.4, -0.2) is 10.1 Å². The standard InChI is InChI=1S/C14H19N3O2/c1-8-4-7-12(18-8)9(2)15-10(3)14-16-13(17-19-14)11-5-6-11/h4,7,9-11,15H,5-6H2,1-3H3/t9-,10+/m0/s1. The van der Waals surface area contributed by atoms with Gasteiger partial charge in [-0.1, -0.05) is 5.16 Å². The molecule has 102 valence electrons. The van der Waals surface area contributed by atoms with Crippen molar-refractivity contribution in [1.82, 2.24) is 15.5 Å². The first-order chi connectivity index (χ1) is 9.13. The van der Waals surface area contributed by atoms with Gasteiger partial charge in [-0.05, 0) is 45.7 Å². The molecule has 1 N–H and O–H groups in total. The highest BCUT2D eigenvalue weighted by Gasteiger charge is 2.29. The van der Waals surface area contributed by atoms with Crippen molar-refractivity contribution in [2.75, 3.05) is 0 Å². The largest absolute Gasteiger partial charge is 0.465 e. The van der Waals surface area contributed by atoms with Gasteiger partial charge >= 0.3 is 0 Å². The Hall–Kier alpha value is -1.62. The summed E-state index contributed by atoms with van der Waals surface area (Å²) in [6, 6.07) is 4.08. The zero-order valence-electron chi connectivity index (χ0n) is 11.5. The van der Waals surface area contributed by atoms with Gasteiger partial charge in [0, 0.05) is 5.92 Å². The van der Waals surface area contributed by atoms with E-state index in [1.54, 1.807) is 0 Å². The molecule has 1 saturated carbocycles. The Labute approximate surface area is 112 Å². The highest BCUT2D eigenvalue weighted by molar-refractivity contribution is 5.10. The second-order valence-corrected chi connectivity index (χ2v) is 5.32. The maximum absolute atomic E-state index is 5.61. The van der Waals surface area contributed by atoms with E-state index in [4.69, 9.17) is 8.94 Å². The molecule has 0 bridgehead atoms. The van der Waals surface area contributed by atoms with Gasteiger partial charge in [-0.25, -0.2) is 0 Å². The van der Waals surface area contributed by atoms with E-state index in [0.29, 0.717) is 11.8 Å². The Morgan fingerprint density at radius 1 is 1.26 bits per heavy atom. The molecule has 5 heteroatoms. The number of aromatic nitrogens is 2.